The molecule has 7 nitrogen and oxygen atoms in total. The molecular weight excluding hydrogens is 470 g/mol. The molecule has 178 valence electrons. The zero-order valence-electron chi connectivity index (χ0n) is 17.9. The summed E-state index contributed by atoms with van der Waals surface area (Å²) < 4.78 is 59.2. The summed E-state index contributed by atoms with van der Waals surface area (Å²) >= 11 is 5.88. The molecule has 1 aromatic heterocycles. The van der Waals surface area contributed by atoms with Crippen molar-refractivity contribution < 1.29 is 36.7 Å². The van der Waals surface area contributed by atoms with E-state index in [0.717, 1.165) is 18.3 Å². The first-order valence-electron chi connectivity index (χ1n) is 9.47. The van der Waals surface area contributed by atoms with Gasteiger partial charge in [-0.2, -0.15) is 13.2 Å². The Morgan fingerprint density at radius 1 is 1.12 bits per heavy atom. The molecule has 0 aliphatic heterocycles. The number of carbonyl (C=O) groups excluding carboxylic acids is 3. The minimum atomic E-state index is -4.93. The van der Waals surface area contributed by atoms with Gasteiger partial charge >= 0.3 is 12.3 Å². The molecule has 0 unspecified atom stereocenters. The smallest absolute Gasteiger partial charge is 0.417 e. The van der Waals surface area contributed by atoms with Crippen LogP contribution >= 0.6 is 11.6 Å². The number of rotatable bonds is 5. The maximum Gasteiger partial charge on any atom is 0.417 e. The Morgan fingerprint density at radius 3 is 2.30 bits per heavy atom. The zero-order chi connectivity index (χ0) is 25.1. The highest BCUT2D eigenvalue weighted by Gasteiger charge is 2.37. The number of hydrogen-bond acceptors (Lipinski definition) is 5. The van der Waals surface area contributed by atoms with Crippen molar-refractivity contribution in [3.05, 3.63) is 58.1 Å². The second-order valence-corrected chi connectivity index (χ2v) is 8.25. The Kier molecular flexibility index (Phi) is 7.68. The van der Waals surface area contributed by atoms with Crippen LogP contribution in [0.1, 0.15) is 49.3 Å². The Balaban J connectivity index is 2.43. The maximum atomic E-state index is 14.1. The SMILES string of the molecule is C[C@H](NC(=O)OC(C)(C)C)C(=O)Nc1ccc(C(F)(F)F)c(Cl)c1C(=O)c1ncccc1F. The number of halogens is 5. The third-order valence-corrected chi connectivity index (χ3v) is 4.42. The fourth-order valence-electron chi connectivity index (χ4n) is 2.58. The number of ketones is 1. The summed E-state index contributed by atoms with van der Waals surface area (Å²) in [5.41, 5.74) is -4.21. The monoisotopic (exact) mass is 489 g/mol. The number of alkyl carbamates (subject to hydrolysis) is 1. The normalized spacial score (nSPS) is 12.6. The van der Waals surface area contributed by atoms with Crippen molar-refractivity contribution in [2.75, 3.05) is 5.32 Å². The van der Waals surface area contributed by atoms with Gasteiger partial charge in [-0.05, 0) is 52.0 Å². The van der Waals surface area contributed by atoms with Crippen LogP contribution in [0.3, 0.4) is 0 Å². The average Bonchev–Trinajstić information content (AvgIpc) is 2.65. The lowest BCUT2D eigenvalue weighted by Gasteiger charge is -2.22. The van der Waals surface area contributed by atoms with Crippen molar-refractivity contribution >= 4 is 35.1 Å². The summed E-state index contributed by atoms with van der Waals surface area (Å²) in [5, 5.41) is 3.45. The van der Waals surface area contributed by atoms with E-state index in [1.165, 1.54) is 13.0 Å². The molecule has 1 heterocycles. The number of benzene rings is 1. The average molecular weight is 490 g/mol. The molecule has 1 aromatic carbocycles. The predicted molar refractivity (Wildman–Crippen MR) is 112 cm³/mol. The molecule has 0 saturated heterocycles. The standard InChI is InChI=1S/C21H20ClF4N3O4/c1-10(28-19(32)33-20(2,3)4)18(31)29-13-8-7-11(21(24,25)26)15(22)14(13)17(30)16-12(23)6-5-9-27-16/h5-10H,1-4H3,(H,28,32)(H,29,31)/t10-/m0/s1. The van der Waals surface area contributed by atoms with Crippen molar-refractivity contribution in [1.29, 1.82) is 0 Å². The summed E-state index contributed by atoms with van der Waals surface area (Å²) in [6, 6.07) is 2.24. The van der Waals surface area contributed by atoms with E-state index in [1.807, 2.05) is 0 Å². The van der Waals surface area contributed by atoms with Gasteiger partial charge in [0.15, 0.2) is 5.82 Å². The van der Waals surface area contributed by atoms with E-state index in [0.29, 0.717) is 6.07 Å². The van der Waals surface area contributed by atoms with Crippen LogP contribution < -0.4 is 10.6 Å². The molecule has 0 aliphatic rings. The Labute approximate surface area is 191 Å². The lowest BCUT2D eigenvalue weighted by Crippen LogP contribution is -2.44. The van der Waals surface area contributed by atoms with E-state index in [9.17, 15) is 31.9 Å². The van der Waals surface area contributed by atoms with Gasteiger partial charge in [-0.25, -0.2) is 14.2 Å². The van der Waals surface area contributed by atoms with E-state index >= 15 is 0 Å². The molecule has 0 saturated carbocycles. The van der Waals surface area contributed by atoms with Crippen LogP contribution in [0.4, 0.5) is 28.0 Å². The first-order chi connectivity index (χ1) is 15.1. The third kappa shape index (κ3) is 6.64. The molecule has 1 atom stereocenters. The number of alkyl halides is 3. The van der Waals surface area contributed by atoms with Gasteiger partial charge in [-0.15, -0.1) is 0 Å². The second-order valence-electron chi connectivity index (χ2n) is 7.87. The Hall–Kier alpha value is -3.21. The molecule has 2 N–H and O–H groups in total. The van der Waals surface area contributed by atoms with Gasteiger partial charge in [0.2, 0.25) is 11.7 Å². The second kappa shape index (κ2) is 9.74. The molecule has 2 aromatic rings. The number of aromatic nitrogens is 1. The van der Waals surface area contributed by atoms with Crippen molar-refractivity contribution in [2.45, 2.75) is 45.5 Å². The lowest BCUT2D eigenvalue weighted by atomic mass is 10.0. The van der Waals surface area contributed by atoms with Gasteiger partial charge in [0.25, 0.3) is 0 Å². The first kappa shape index (κ1) is 26.0. The maximum absolute atomic E-state index is 14.1. The summed E-state index contributed by atoms with van der Waals surface area (Å²) in [5.74, 6) is -3.26. The quantitative estimate of drug-likeness (QED) is 0.456. The molecule has 0 aliphatic carbocycles. The number of nitrogens with one attached hydrogen (secondary N) is 2. The van der Waals surface area contributed by atoms with E-state index in [1.54, 1.807) is 20.8 Å². The summed E-state index contributed by atoms with van der Waals surface area (Å²) in [7, 11) is 0. The van der Waals surface area contributed by atoms with Crippen LogP contribution in [-0.2, 0) is 15.7 Å². The van der Waals surface area contributed by atoms with Gasteiger partial charge in [-0.1, -0.05) is 11.6 Å². The zero-order valence-corrected chi connectivity index (χ0v) is 18.7. The van der Waals surface area contributed by atoms with E-state index in [-0.39, 0.29) is 0 Å². The number of hydrogen-bond donors (Lipinski definition) is 2. The van der Waals surface area contributed by atoms with Gasteiger partial charge < -0.3 is 15.4 Å². The minimum Gasteiger partial charge on any atom is -0.444 e. The van der Waals surface area contributed by atoms with Crippen LogP contribution in [0.2, 0.25) is 5.02 Å². The number of amides is 2. The van der Waals surface area contributed by atoms with Crippen LogP contribution in [0.15, 0.2) is 30.5 Å². The summed E-state index contributed by atoms with van der Waals surface area (Å²) in [6.45, 7) is 6.10. The summed E-state index contributed by atoms with van der Waals surface area (Å²) in [6.07, 6.45) is -4.77. The summed E-state index contributed by atoms with van der Waals surface area (Å²) in [4.78, 5) is 40.9. The first-order valence-corrected chi connectivity index (χ1v) is 9.85. The van der Waals surface area contributed by atoms with Crippen LogP contribution in [0, 0.1) is 5.82 Å². The van der Waals surface area contributed by atoms with Crippen molar-refractivity contribution in [3.8, 4) is 0 Å². The topological polar surface area (TPSA) is 97.4 Å². The fourth-order valence-corrected chi connectivity index (χ4v) is 2.94. The Morgan fingerprint density at radius 2 is 1.76 bits per heavy atom. The predicted octanol–water partition coefficient (Wildman–Crippen LogP) is 4.98. The molecular formula is C21H20ClF4N3O4. The van der Waals surface area contributed by atoms with Gasteiger partial charge in [-0.3, -0.25) is 9.59 Å². The van der Waals surface area contributed by atoms with Gasteiger partial charge in [0.05, 0.1) is 21.8 Å². The molecule has 0 radical (unpaired) electrons. The number of nitrogens with zero attached hydrogens (tertiary/aromatic N) is 1. The number of pyridine rings is 1. The molecule has 2 amide bonds. The molecule has 0 bridgehead atoms. The lowest BCUT2D eigenvalue weighted by molar-refractivity contribution is -0.137. The molecule has 0 fully saturated rings. The largest absolute Gasteiger partial charge is 0.444 e. The van der Waals surface area contributed by atoms with Crippen molar-refractivity contribution in [2.24, 2.45) is 0 Å². The van der Waals surface area contributed by atoms with E-state index < -0.39 is 69.0 Å². The van der Waals surface area contributed by atoms with Gasteiger partial charge in [0, 0.05) is 6.20 Å². The van der Waals surface area contributed by atoms with Gasteiger partial charge in [0.1, 0.15) is 17.3 Å². The van der Waals surface area contributed by atoms with Crippen LogP contribution in [0.25, 0.3) is 0 Å². The fraction of sp³-hybridized carbons (Fsp3) is 0.333. The molecule has 12 heteroatoms. The number of anilines is 1. The molecule has 2 rings (SSSR count). The van der Waals surface area contributed by atoms with Crippen molar-refractivity contribution in [1.82, 2.24) is 10.3 Å². The minimum absolute atomic E-state index is 0.425. The highest BCUT2D eigenvalue weighted by Crippen LogP contribution is 2.39. The Bertz CT molecular complexity index is 1080. The number of carbonyl (C=O) groups is 3. The number of ether oxygens (including phenoxy) is 1. The van der Waals surface area contributed by atoms with Crippen LogP contribution in [0.5, 0.6) is 0 Å². The molecule has 33 heavy (non-hydrogen) atoms. The third-order valence-electron chi connectivity index (χ3n) is 4.03. The van der Waals surface area contributed by atoms with E-state index in [4.69, 9.17) is 16.3 Å². The highest BCUT2D eigenvalue weighted by atomic mass is 35.5. The van der Waals surface area contributed by atoms with E-state index in [2.05, 4.69) is 15.6 Å². The molecule has 0 spiro atoms. The van der Waals surface area contributed by atoms with Crippen molar-refractivity contribution in [3.63, 3.8) is 0 Å². The van der Waals surface area contributed by atoms with Crippen LogP contribution in [-0.4, -0.2) is 34.4 Å². The highest BCUT2D eigenvalue weighted by molar-refractivity contribution is 6.37.